The lowest BCUT2D eigenvalue weighted by Crippen LogP contribution is -2.38. The van der Waals surface area contributed by atoms with Gasteiger partial charge in [0.1, 0.15) is 6.10 Å². The molecule has 0 bridgehead atoms. The van der Waals surface area contributed by atoms with Gasteiger partial charge in [-0.15, -0.1) is 0 Å². The van der Waals surface area contributed by atoms with Crippen LogP contribution in [0.4, 0.5) is 0 Å². The molecule has 3 nitrogen and oxygen atoms in total. The number of hydrogen-bond acceptors (Lipinski definition) is 3. The summed E-state index contributed by atoms with van der Waals surface area (Å²) in [6.07, 6.45) is 2.12. The molecule has 1 aromatic carbocycles. The van der Waals surface area contributed by atoms with Crippen molar-refractivity contribution in [1.29, 1.82) is 0 Å². The van der Waals surface area contributed by atoms with E-state index in [0.717, 1.165) is 31.5 Å². The summed E-state index contributed by atoms with van der Waals surface area (Å²) in [5.74, 6) is -0.203. The second-order valence-corrected chi connectivity index (χ2v) is 4.80. The maximum absolute atomic E-state index is 11.9. The van der Waals surface area contributed by atoms with Crippen molar-refractivity contribution in [3.63, 3.8) is 0 Å². The Kier molecular flexibility index (Phi) is 3.79. The number of likely N-dealkylation sites (tertiary alicyclic amines) is 1. The summed E-state index contributed by atoms with van der Waals surface area (Å²) in [6, 6.07) is 7.52. The van der Waals surface area contributed by atoms with Crippen molar-refractivity contribution in [3.8, 4) is 0 Å². The van der Waals surface area contributed by atoms with Gasteiger partial charge in [-0.05, 0) is 45.5 Å². The number of nitrogens with zero attached hydrogens (tertiary/aromatic N) is 1. The Morgan fingerprint density at radius 2 is 2.06 bits per heavy atom. The molecular formula is C14H19NO2. The molecule has 1 atom stereocenters. The number of carbonyl (C=O) groups excluding carboxylic acids is 1. The minimum atomic E-state index is -0.203. The van der Waals surface area contributed by atoms with Crippen molar-refractivity contribution in [3.05, 3.63) is 35.4 Å². The molecule has 0 aliphatic carbocycles. The van der Waals surface area contributed by atoms with Crippen molar-refractivity contribution in [2.45, 2.75) is 25.9 Å². The summed E-state index contributed by atoms with van der Waals surface area (Å²) < 4.78 is 5.51. The lowest BCUT2D eigenvalue weighted by atomic mass is 10.1. The van der Waals surface area contributed by atoms with Crippen molar-refractivity contribution < 1.29 is 9.53 Å². The minimum absolute atomic E-state index is 0.0440. The molecule has 0 aromatic heterocycles. The van der Waals surface area contributed by atoms with Crippen LogP contribution in [0.25, 0.3) is 0 Å². The van der Waals surface area contributed by atoms with Crippen molar-refractivity contribution in [2.75, 3.05) is 20.1 Å². The summed E-state index contributed by atoms with van der Waals surface area (Å²) in [6.45, 7) is 3.95. The second-order valence-electron chi connectivity index (χ2n) is 4.80. The van der Waals surface area contributed by atoms with Gasteiger partial charge in [-0.25, -0.2) is 4.79 Å². The first-order chi connectivity index (χ1) is 8.15. The van der Waals surface area contributed by atoms with Gasteiger partial charge in [0.05, 0.1) is 5.56 Å². The van der Waals surface area contributed by atoms with Crippen LogP contribution in [0.3, 0.4) is 0 Å². The van der Waals surface area contributed by atoms with Crippen LogP contribution in [0.1, 0.15) is 28.8 Å². The lowest BCUT2D eigenvalue weighted by molar-refractivity contribution is 0.0108. The molecule has 1 aliphatic heterocycles. The van der Waals surface area contributed by atoms with Crippen molar-refractivity contribution in [1.82, 2.24) is 4.90 Å². The molecule has 0 unspecified atom stereocenters. The van der Waals surface area contributed by atoms with E-state index in [9.17, 15) is 4.79 Å². The van der Waals surface area contributed by atoms with E-state index in [0.29, 0.717) is 5.56 Å². The second kappa shape index (κ2) is 5.32. The number of aryl methyl sites for hydroxylation is 1. The molecule has 1 fully saturated rings. The zero-order chi connectivity index (χ0) is 12.3. The van der Waals surface area contributed by atoms with Gasteiger partial charge in [-0.1, -0.05) is 17.7 Å². The number of benzene rings is 1. The topological polar surface area (TPSA) is 29.5 Å². The Morgan fingerprint density at radius 1 is 1.35 bits per heavy atom. The molecule has 0 saturated carbocycles. The van der Waals surface area contributed by atoms with Crippen LogP contribution < -0.4 is 0 Å². The van der Waals surface area contributed by atoms with Crippen molar-refractivity contribution >= 4 is 5.97 Å². The largest absolute Gasteiger partial charge is 0.457 e. The standard InChI is InChI=1S/C14H19NO2/c1-11-5-7-12(8-6-11)14(16)17-13-4-3-9-15(2)10-13/h5-8,13H,3-4,9-10H2,1-2H3/t13-/m1/s1. The Hall–Kier alpha value is -1.35. The molecule has 2 rings (SSSR count). The first-order valence-corrected chi connectivity index (χ1v) is 6.11. The highest BCUT2D eigenvalue weighted by atomic mass is 16.5. The smallest absolute Gasteiger partial charge is 0.338 e. The van der Waals surface area contributed by atoms with E-state index in [4.69, 9.17) is 4.74 Å². The van der Waals surface area contributed by atoms with Crippen molar-refractivity contribution in [2.24, 2.45) is 0 Å². The third kappa shape index (κ3) is 3.30. The monoisotopic (exact) mass is 233 g/mol. The van der Waals surface area contributed by atoms with Gasteiger partial charge in [0.15, 0.2) is 0 Å². The average molecular weight is 233 g/mol. The number of likely N-dealkylation sites (N-methyl/N-ethyl adjacent to an activating group) is 1. The molecule has 0 amide bonds. The first kappa shape index (κ1) is 12.1. The summed E-state index contributed by atoms with van der Waals surface area (Å²) in [5.41, 5.74) is 1.79. The Labute approximate surface area is 102 Å². The predicted molar refractivity (Wildman–Crippen MR) is 67.1 cm³/mol. The zero-order valence-electron chi connectivity index (χ0n) is 10.5. The van der Waals surface area contributed by atoms with E-state index < -0.39 is 0 Å². The van der Waals surface area contributed by atoms with Gasteiger partial charge in [0, 0.05) is 6.54 Å². The van der Waals surface area contributed by atoms with Crippen LogP contribution >= 0.6 is 0 Å². The average Bonchev–Trinajstić information content (AvgIpc) is 2.29. The van der Waals surface area contributed by atoms with Crippen LogP contribution in [-0.4, -0.2) is 37.1 Å². The van der Waals surface area contributed by atoms with Gasteiger partial charge in [0.25, 0.3) is 0 Å². The van der Waals surface area contributed by atoms with Gasteiger partial charge >= 0.3 is 5.97 Å². The highest BCUT2D eigenvalue weighted by Gasteiger charge is 2.21. The predicted octanol–water partition coefficient (Wildman–Crippen LogP) is 2.25. The number of rotatable bonds is 2. The summed E-state index contributed by atoms with van der Waals surface area (Å²) in [7, 11) is 2.06. The Morgan fingerprint density at radius 3 is 2.71 bits per heavy atom. The van der Waals surface area contributed by atoms with Crippen LogP contribution in [0.2, 0.25) is 0 Å². The SMILES string of the molecule is Cc1ccc(C(=O)O[C@@H]2CCCN(C)C2)cc1. The minimum Gasteiger partial charge on any atom is -0.457 e. The van der Waals surface area contributed by atoms with E-state index in [-0.39, 0.29) is 12.1 Å². The molecule has 0 N–H and O–H groups in total. The molecule has 1 saturated heterocycles. The summed E-state index contributed by atoms with van der Waals surface area (Å²) >= 11 is 0. The highest BCUT2D eigenvalue weighted by Crippen LogP contribution is 2.14. The molecule has 1 aliphatic rings. The lowest BCUT2D eigenvalue weighted by Gasteiger charge is -2.29. The number of piperidine rings is 1. The molecular weight excluding hydrogens is 214 g/mol. The van der Waals surface area contributed by atoms with Crippen LogP contribution in [0.5, 0.6) is 0 Å². The van der Waals surface area contributed by atoms with Crippen LogP contribution in [0, 0.1) is 6.92 Å². The number of hydrogen-bond donors (Lipinski definition) is 0. The Balaban J connectivity index is 1.94. The van der Waals surface area contributed by atoms with E-state index in [1.807, 2.05) is 31.2 Å². The van der Waals surface area contributed by atoms with Gasteiger partial charge in [-0.2, -0.15) is 0 Å². The molecule has 0 spiro atoms. The van der Waals surface area contributed by atoms with Gasteiger partial charge in [-0.3, -0.25) is 0 Å². The third-order valence-corrected chi connectivity index (χ3v) is 3.14. The fourth-order valence-electron chi connectivity index (χ4n) is 2.12. The van der Waals surface area contributed by atoms with Gasteiger partial charge in [0.2, 0.25) is 0 Å². The molecule has 1 aromatic rings. The quantitative estimate of drug-likeness (QED) is 0.734. The Bertz CT molecular complexity index is 386. The molecule has 0 radical (unpaired) electrons. The number of esters is 1. The molecule has 17 heavy (non-hydrogen) atoms. The molecule has 92 valence electrons. The van der Waals surface area contributed by atoms with E-state index >= 15 is 0 Å². The van der Waals surface area contributed by atoms with Gasteiger partial charge < -0.3 is 9.64 Å². The van der Waals surface area contributed by atoms with Crippen LogP contribution in [-0.2, 0) is 4.74 Å². The normalized spacial score (nSPS) is 21.2. The summed E-state index contributed by atoms with van der Waals surface area (Å²) in [5, 5.41) is 0. The van der Waals surface area contributed by atoms with E-state index in [1.54, 1.807) is 0 Å². The maximum atomic E-state index is 11.9. The fourth-order valence-corrected chi connectivity index (χ4v) is 2.12. The maximum Gasteiger partial charge on any atom is 0.338 e. The first-order valence-electron chi connectivity index (χ1n) is 6.11. The number of carbonyl (C=O) groups is 1. The highest BCUT2D eigenvalue weighted by molar-refractivity contribution is 5.89. The zero-order valence-corrected chi connectivity index (χ0v) is 10.5. The molecule has 3 heteroatoms. The molecule has 1 heterocycles. The third-order valence-electron chi connectivity index (χ3n) is 3.14. The van der Waals surface area contributed by atoms with E-state index in [1.165, 1.54) is 0 Å². The number of ether oxygens (including phenoxy) is 1. The van der Waals surface area contributed by atoms with E-state index in [2.05, 4.69) is 11.9 Å². The fraction of sp³-hybridized carbons (Fsp3) is 0.500. The summed E-state index contributed by atoms with van der Waals surface area (Å²) in [4.78, 5) is 14.1. The van der Waals surface area contributed by atoms with Crippen LogP contribution in [0.15, 0.2) is 24.3 Å².